The maximum absolute atomic E-state index is 10.8. The van der Waals surface area contributed by atoms with Crippen LogP contribution in [0.25, 0.3) is 0 Å². The van der Waals surface area contributed by atoms with Gasteiger partial charge in [-0.25, -0.2) is 4.79 Å². The van der Waals surface area contributed by atoms with Gasteiger partial charge in [-0.05, 0) is 40.0 Å². The maximum Gasteiger partial charge on any atom is 0.408 e. The molecule has 0 aromatic rings. The lowest BCUT2D eigenvalue weighted by molar-refractivity contribution is -0.139. The van der Waals surface area contributed by atoms with Crippen molar-refractivity contribution >= 4 is 18.0 Å². The molecule has 0 heterocycles. The van der Waals surface area contributed by atoms with Crippen LogP contribution in [-0.2, 0) is 14.3 Å². The van der Waals surface area contributed by atoms with Gasteiger partial charge in [-0.2, -0.15) is 0 Å². The predicted octanol–water partition coefficient (Wildman–Crippen LogP) is 1.35. The van der Waals surface area contributed by atoms with E-state index in [9.17, 15) is 14.4 Å². The van der Waals surface area contributed by atoms with E-state index in [1.54, 1.807) is 26.8 Å². The fourth-order valence-corrected chi connectivity index (χ4v) is 1.07. The number of carboxylic acids is 2. The van der Waals surface area contributed by atoms with Gasteiger partial charge in [0.2, 0.25) is 0 Å². The number of carboxylic acid groups (broad SMARTS) is 2. The van der Waals surface area contributed by atoms with Gasteiger partial charge < -0.3 is 26.0 Å². The van der Waals surface area contributed by atoms with Crippen molar-refractivity contribution in [3.8, 4) is 0 Å². The summed E-state index contributed by atoms with van der Waals surface area (Å²) in [5, 5.41) is 18.6. The number of hydrogen-bond donors (Lipinski definition) is 4. The summed E-state index contributed by atoms with van der Waals surface area (Å²) in [4.78, 5) is 30.9. The molecule has 22 heavy (non-hydrogen) atoms. The van der Waals surface area contributed by atoms with Gasteiger partial charge in [0, 0.05) is 0 Å². The second kappa shape index (κ2) is 11.6. The molecular formula is C14H26N2O6. The third kappa shape index (κ3) is 17.9. The standard InChI is InChI=1S/C7H13NO4.C7H13NO2/c1-7(2,3)12-6(11)8-4-5(9)10;1-2-3-4-5-6(8)7(9)10/h4H2,1-3H3,(H,8,11)(H,9,10);2,6H,1,3-5,8H2,(H,9,10). The molecule has 0 aliphatic carbocycles. The number of alkyl carbamates (subject to hydrolysis) is 1. The van der Waals surface area contributed by atoms with Crippen LogP contribution in [0.5, 0.6) is 0 Å². The number of nitrogens with two attached hydrogens (primary N) is 1. The molecule has 0 fully saturated rings. The van der Waals surface area contributed by atoms with Gasteiger partial charge in [-0.15, -0.1) is 6.58 Å². The average Bonchev–Trinajstić information content (AvgIpc) is 2.35. The minimum atomic E-state index is -1.10. The summed E-state index contributed by atoms with van der Waals surface area (Å²) >= 11 is 0. The largest absolute Gasteiger partial charge is 0.480 e. The number of carbonyl (C=O) groups excluding carboxylic acids is 1. The topological polar surface area (TPSA) is 139 Å². The molecule has 0 aromatic heterocycles. The predicted molar refractivity (Wildman–Crippen MR) is 81.5 cm³/mol. The zero-order chi connectivity index (χ0) is 17.8. The van der Waals surface area contributed by atoms with Crippen LogP contribution in [0, 0.1) is 0 Å². The molecule has 0 radical (unpaired) electrons. The maximum atomic E-state index is 10.8. The normalized spacial score (nSPS) is 11.5. The van der Waals surface area contributed by atoms with E-state index < -0.39 is 36.2 Å². The van der Waals surface area contributed by atoms with E-state index in [1.165, 1.54) is 0 Å². The molecule has 1 unspecified atom stereocenters. The van der Waals surface area contributed by atoms with Crippen LogP contribution >= 0.6 is 0 Å². The molecule has 0 bridgehead atoms. The Kier molecular flexibility index (Phi) is 11.7. The Labute approximate surface area is 130 Å². The number of ether oxygens (including phenoxy) is 1. The number of carbonyl (C=O) groups is 3. The van der Waals surface area contributed by atoms with Crippen LogP contribution in [0.1, 0.15) is 40.0 Å². The summed E-state index contributed by atoms with van der Waals surface area (Å²) in [6, 6.07) is -0.708. The van der Waals surface area contributed by atoms with Crippen molar-refractivity contribution in [3.63, 3.8) is 0 Å². The molecule has 1 amide bonds. The van der Waals surface area contributed by atoms with Crippen LogP contribution in [0.3, 0.4) is 0 Å². The first-order valence-corrected chi connectivity index (χ1v) is 6.77. The van der Waals surface area contributed by atoms with E-state index in [1.807, 2.05) is 0 Å². The molecular weight excluding hydrogens is 292 g/mol. The van der Waals surface area contributed by atoms with E-state index in [4.69, 9.17) is 20.7 Å². The molecule has 0 saturated heterocycles. The van der Waals surface area contributed by atoms with Gasteiger partial charge in [0.25, 0.3) is 0 Å². The third-order valence-corrected chi connectivity index (χ3v) is 2.02. The Bertz CT molecular complexity index is 376. The lowest BCUT2D eigenvalue weighted by Gasteiger charge is -2.19. The molecule has 0 rings (SSSR count). The number of hydrogen-bond acceptors (Lipinski definition) is 5. The smallest absolute Gasteiger partial charge is 0.408 e. The Balaban J connectivity index is 0. The summed E-state index contributed by atoms with van der Waals surface area (Å²) < 4.78 is 4.77. The Hall–Kier alpha value is -2.09. The zero-order valence-electron chi connectivity index (χ0n) is 13.3. The highest BCUT2D eigenvalue weighted by Gasteiger charge is 2.16. The lowest BCUT2D eigenvalue weighted by Crippen LogP contribution is -2.35. The second-order valence-electron chi connectivity index (χ2n) is 5.41. The van der Waals surface area contributed by atoms with Gasteiger partial charge >= 0.3 is 18.0 Å². The first-order valence-electron chi connectivity index (χ1n) is 6.77. The highest BCUT2D eigenvalue weighted by atomic mass is 16.6. The minimum Gasteiger partial charge on any atom is -0.480 e. The highest BCUT2D eigenvalue weighted by Crippen LogP contribution is 2.05. The van der Waals surface area contributed by atoms with Gasteiger partial charge in [-0.1, -0.05) is 6.08 Å². The second-order valence-corrected chi connectivity index (χ2v) is 5.41. The van der Waals surface area contributed by atoms with Gasteiger partial charge in [0.1, 0.15) is 18.2 Å². The van der Waals surface area contributed by atoms with Crippen molar-refractivity contribution in [2.75, 3.05) is 6.54 Å². The number of aliphatic carboxylic acids is 2. The molecule has 0 saturated carbocycles. The Morgan fingerprint density at radius 1 is 1.32 bits per heavy atom. The molecule has 8 nitrogen and oxygen atoms in total. The van der Waals surface area contributed by atoms with Gasteiger partial charge in [-0.3, -0.25) is 9.59 Å². The molecule has 128 valence electrons. The van der Waals surface area contributed by atoms with E-state index in [0.717, 1.165) is 12.8 Å². The van der Waals surface area contributed by atoms with Crippen molar-refractivity contribution in [3.05, 3.63) is 12.7 Å². The number of rotatable bonds is 7. The van der Waals surface area contributed by atoms with Crippen molar-refractivity contribution in [1.82, 2.24) is 5.32 Å². The molecule has 5 N–H and O–H groups in total. The first kappa shape index (κ1) is 22.2. The quantitative estimate of drug-likeness (QED) is 0.410. The first-order chi connectivity index (χ1) is 9.99. The fourth-order valence-electron chi connectivity index (χ4n) is 1.07. The van der Waals surface area contributed by atoms with E-state index in [-0.39, 0.29) is 0 Å². The summed E-state index contributed by atoms with van der Waals surface area (Å²) in [6.45, 7) is 8.20. The number of nitrogens with one attached hydrogen (secondary N) is 1. The molecule has 8 heteroatoms. The highest BCUT2D eigenvalue weighted by molar-refractivity contribution is 5.76. The third-order valence-electron chi connectivity index (χ3n) is 2.02. The van der Waals surface area contributed by atoms with Crippen LogP contribution in [0.2, 0.25) is 0 Å². The monoisotopic (exact) mass is 318 g/mol. The van der Waals surface area contributed by atoms with Crippen molar-refractivity contribution < 1.29 is 29.3 Å². The summed E-state index contributed by atoms with van der Waals surface area (Å²) in [5.41, 5.74) is 4.63. The molecule has 1 atom stereocenters. The van der Waals surface area contributed by atoms with Crippen molar-refractivity contribution in [1.29, 1.82) is 0 Å². The number of amides is 1. The van der Waals surface area contributed by atoms with Crippen LogP contribution in [0.4, 0.5) is 4.79 Å². The van der Waals surface area contributed by atoms with Crippen molar-refractivity contribution in [2.45, 2.75) is 51.7 Å². The average molecular weight is 318 g/mol. The van der Waals surface area contributed by atoms with E-state index in [0.29, 0.717) is 6.42 Å². The van der Waals surface area contributed by atoms with Crippen LogP contribution in [-0.4, -0.2) is 46.4 Å². The Morgan fingerprint density at radius 3 is 2.23 bits per heavy atom. The van der Waals surface area contributed by atoms with Crippen LogP contribution < -0.4 is 11.1 Å². The Morgan fingerprint density at radius 2 is 1.86 bits per heavy atom. The number of unbranched alkanes of at least 4 members (excludes halogenated alkanes) is 1. The summed E-state index contributed by atoms with van der Waals surface area (Å²) in [6.07, 6.45) is 3.21. The van der Waals surface area contributed by atoms with Gasteiger partial charge in [0.05, 0.1) is 0 Å². The molecule has 0 aliphatic heterocycles. The minimum absolute atomic E-state index is 0.422. The van der Waals surface area contributed by atoms with E-state index >= 15 is 0 Å². The summed E-state index contributed by atoms with van der Waals surface area (Å²) in [7, 11) is 0. The van der Waals surface area contributed by atoms with Gasteiger partial charge in [0.15, 0.2) is 0 Å². The molecule has 0 spiro atoms. The van der Waals surface area contributed by atoms with E-state index in [2.05, 4.69) is 11.9 Å². The fraction of sp³-hybridized carbons (Fsp3) is 0.643. The molecule has 0 aliphatic rings. The zero-order valence-corrected chi connectivity index (χ0v) is 13.3. The van der Waals surface area contributed by atoms with Crippen LogP contribution in [0.15, 0.2) is 12.7 Å². The van der Waals surface area contributed by atoms with Crippen molar-refractivity contribution in [2.24, 2.45) is 5.73 Å². The lowest BCUT2D eigenvalue weighted by atomic mass is 10.1. The molecule has 0 aromatic carbocycles. The number of allylic oxidation sites excluding steroid dienone is 1. The SMILES string of the molecule is C=CCCCC(N)C(=O)O.CC(C)(C)OC(=O)NCC(=O)O. The summed E-state index contributed by atoms with van der Waals surface area (Å²) in [5.74, 6) is -2.02.